The maximum absolute atomic E-state index is 14.0. The van der Waals surface area contributed by atoms with Crippen LogP contribution < -0.4 is 9.47 Å². The van der Waals surface area contributed by atoms with Crippen molar-refractivity contribution < 1.29 is 33.0 Å². The number of carbonyl (C=O) groups is 3. The second kappa shape index (κ2) is 10.5. The van der Waals surface area contributed by atoms with Gasteiger partial charge in [0.1, 0.15) is 19.0 Å². The summed E-state index contributed by atoms with van der Waals surface area (Å²) in [5.41, 5.74) is 0.799. The van der Waals surface area contributed by atoms with Crippen LogP contribution >= 0.6 is 23.4 Å². The zero-order valence-corrected chi connectivity index (χ0v) is 18.8. The number of thioether (sulfide) groups is 1. The van der Waals surface area contributed by atoms with E-state index < -0.39 is 29.5 Å². The van der Waals surface area contributed by atoms with Crippen LogP contribution in [0.4, 0.5) is 9.18 Å². The molecule has 1 aliphatic rings. The zero-order chi connectivity index (χ0) is 23.3. The van der Waals surface area contributed by atoms with Crippen molar-refractivity contribution in [3.63, 3.8) is 0 Å². The molecule has 7 nitrogen and oxygen atoms in total. The summed E-state index contributed by atoms with van der Waals surface area (Å²) in [6.07, 6.45) is 1.52. The number of ether oxygens (including phenoxy) is 3. The van der Waals surface area contributed by atoms with Crippen molar-refractivity contribution in [3.05, 3.63) is 63.3 Å². The molecular weight excluding hydrogens is 461 g/mol. The predicted octanol–water partition coefficient (Wildman–Crippen LogP) is 4.67. The summed E-state index contributed by atoms with van der Waals surface area (Å²) in [6.45, 7) is 1.59. The average Bonchev–Trinajstić information content (AvgIpc) is 3.02. The highest BCUT2D eigenvalue weighted by Gasteiger charge is 2.36. The molecule has 0 aliphatic carbocycles. The maximum atomic E-state index is 14.0. The minimum Gasteiger partial charge on any atom is -0.490 e. The van der Waals surface area contributed by atoms with E-state index in [0.717, 1.165) is 16.7 Å². The number of benzene rings is 2. The standard InChI is InChI=1S/C22H19ClFNO6S/c1-3-30-18-9-13(10-19-21(27)25(22(28)32-19)11-20(26)29-2)7-8-17(18)31-12-14-15(23)5-4-6-16(14)24/h4-10H,3,11-12H2,1-2H3/b19-10-. The van der Waals surface area contributed by atoms with Gasteiger partial charge >= 0.3 is 5.97 Å². The summed E-state index contributed by atoms with van der Waals surface area (Å²) in [7, 11) is 1.18. The van der Waals surface area contributed by atoms with Gasteiger partial charge in [0, 0.05) is 5.56 Å². The lowest BCUT2D eigenvalue weighted by Gasteiger charge is -2.14. The molecule has 2 aromatic carbocycles. The van der Waals surface area contributed by atoms with Crippen molar-refractivity contribution in [1.29, 1.82) is 0 Å². The lowest BCUT2D eigenvalue weighted by atomic mass is 10.1. The number of rotatable bonds is 8. The largest absolute Gasteiger partial charge is 0.490 e. The van der Waals surface area contributed by atoms with E-state index in [9.17, 15) is 18.8 Å². The quantitative estimate of drug-likeness (QED) is 0.402. The van der Waals surface area contributed by atoms with Crippen molar-refractivity contribution in [1.82, 2.24) is 4.90 Å². The fourth-order valence-electron chi connectivity index (χ4n) is 2.80. The molecule has 1 heterocycles. The molecule has 2 aromatic rings. The third-order valence-electron chi connectivity index (χ3n) is 4.39. The molecule has 0 spiro atoms. The molecule has 0 radical (unpaired) electrons. The first kappa shape index (κ1) is 23.6. The van der Waals surface area contributed by atoms with Crippen molar-refractivity contribution in [2.75, 3.05) is 20.3 Å². The van der Waals surface area contributed by atoms with E-state index in [1.54, 1.807) is 31.2 Å². The van der Waals surface area contributed by atoms with E-state index in [1.165, 1.54) is 25.3 Å². The Kier molecular flexibility index (Phi) is 7.76. The van der Waals surface area contributed by atoms with Gasteiger partial charge in [-0.2, -0.15) is 0 Å². The molecule has 1 saturated heterocycles. The molecule has 0 atom stereocenters. The minimum atomic E-state index is -0.691. The van der Waals surface area contributed by atoms with E-state index in [2.05, 4.69) is 4.74 Å². The summed E-state index contributed by atoms with van der Waals surface area (Å²) in [4.78, 5) is 37.0. The molecule has 0 N–H and O–H groups in total. The highest BCUT2D eigenvalue weighted by atomic mass is 35.5. The van der Waals surface area contributed by atoms with Gasteiger partial charge in [-0.3, -0.25) is 19.3 Å². The molecular formula is C22H19ClFNO6S. The van der Waals surface area contributed by atoms with Gasteiger partial charge in [-0.05, 0) is 54.6 Å². The Morgan fingerprint density at radius 2 is 1.97 bits per heavy atom. The third-order valence-corrected chi connectivity index (χ3v) is 5.65. The first-order valence-electron chi connectivity index (χ1n) is 9.48. The Balaban J connectivity index is 1.80. The van der Waals surface area contributed by atoms with Crippen LogP contribution in [0, 0.1) is 5.82 Å². The maximum Gasteiger partial charge on any atom is 0.325 e. The van der Waals surface area contributed by atoms with Gasteiger partial charge < -0.3 is 14.2 Å². The Morgan fingerprint density at radius 3 is 2.66 bits per heavy atom. The lowest BCUT2D eigenvalue weighted by molar-refractivity contribution is -0.143. The molecule has 32 heavy (non-hydrogen) atoms. The summed E-state index contributed by atoms with van der Waals surface area (Å²) >= 11 is 6.77. The zero-order valence-electron chi connectivity index (χ0n) is 17.2. The van der Waals surface area contributed by atoms with Gasteiger partial charge in [-0.15, -0.1) is 0 Å². The monoisotopic (exact) mass is 479 g/mol. The number of carbonyl (C=O) groups excluding carboxylic acids is 3. The van der Waals surface area contributed by atoms with E-state index in [0.29, 0.717) is 23.7 Å². The molecule has 168 valence electrons. The van der Waals surface area contributed by atoms with E-state index in [-0.39, 0.29) is 22.1 Å². The van der Waals surface area contributed by atoms with Crippen molar-refractivity contribution in [2.24, 2.45) is 0 Å². The molecule has 3 rings (SSSR count). The lowest BCUT2D eigenvalue weighted by Crippen LogP contribution is -2.34. The average molecular weight is 480 g/mol. The normalized spacial score (nSPS) is 14.8. The number of imide groups is 1. The van der Waals surface area contributed by atoms with Crippen molar-refractivity contribution in [2.45, 2.75) is 13.5 Å². The summed E-state index contributed by atoms with van der Waals surface area (Å²) in [5.74, 6) is -1.01. The van der Waals surface area contributed by atoms with Crippen LogP contribution in [0.3, 0.4) is 0 Å². The number of methoxy groups -OCH3 is 1. The van der Waals surface area contributed by atoms with Crippen LogP contribution in [0.2, 0.25) is 5.02 Å². The minimum absolute atomic E-state index is 0.0999. The van der Waals surface area contributed by atoms with E-state index in [4.69, 9.17) is 21.1 Å². The number of hydrogen-bond acceptors (Lipinski definition) is 7. The van der Waals surface area contributed by atoms with Crippen LogP contribution in [-0.2, 0) is 20.9 Å². The number of esters is 1. The smallest absolute Gasteiger partial charge is 0.325 e. The van der Waals surface area contributed by atoms with Gasteiger partial charge in [0.25, 0.3) is 11.1 Å². The first-order valence-corrected chi connectivity index (χ1v) is 10.7. The summed E-state index contributed by atoms with van der Waals surface area (Å²) in [6, 6.07) is 9.29. The van der Waals surface area contributed by atoms with Crippen LogP contribution in [-0.4, -0.2) is 42.3 Å². The van der Waals surface area contributed by atoms with Crippen molar-refractivity contribution >= 4 is 46.6 Å². The van der Waals surface area contributed by atoms with Gasteiger partial charge in [0.15, 0.2) is 11.5 Å². The molecule has 0 bridgehead atoms. The summed E-state index contributed by atoms with van der Waals surface area (Å²) in [5, 5.41) is -0.305. The fourth-order valence-corrected chi connectivity index (χ4v) is 3.86. The van der Waals surface area contributed by atoms with Crippen LogP contribution in [0.15, 0.2) is 41.3 Å². The Hall–Kier alpha value is -3.04. The molecule has 2 amide bonds. The molecule has 0 unspecified atom stereocenters. The number of halogens is 2. The fraction of sp³-hybridized carbons (Fsp3) is 0.227. The molecule has 1 aliphatic heterocycles. The SMILES string of the molecule is CCOc1cc(/C=C2\SC(=O)N(CC(=O)OC)C2=O)ccc1OCc1c(F)cccc1Cl. The second-order valence-electron chi connectivity index (χ2n) is 6.47. The third kappa shape index (κ3) is 5.41. The topological polar surface area (TPSA) is 82.1 Å². The molecule has 1 fully saturated rings. The van der Waals surface area contributed by atoms with Crippen LogP contribution in [0.25, 0.3) is 6.08 Å². The molecule has 10 heteroatoms. The predicted molar refractivity (Wildman–Crippen MR) is 118 cm³/mol. The number of nitrogens with zero attached hydrogens (tertiary/aromatic N) is 1. The Bertz CT molecular complexity index is 1070. The van der Waals surface area contributed by atoms with E-state index in [1.807, 2.05) is 0 Å². The van der Waals surface area contributed by atoms with Crippen molar-refractivity contribution in [3.8, 4) is 11.5 Å². The Morgan fingerprint density at radius 1 is 1.19 bits per heavy atom. The first-order chi connectivity index (χ1) is 15.3. The van der Waals surface area contributed by atoms with Gasteiger partial charge in [0.05, 0.1) is 23.6 Å². The van der Waals surface area contributed by atoms with E-state index >= 15 is 0 Å². The highest BCUT2D eigenvalue weighted by Crippen LogP contribution is 2.35. The number of hydrogen-bond donors (Lipinski definition) is 0. The van der Waals surface area contributed by atoms with Gasteiger partial charge in [-0.25, -0.2) is 4.39 Å². The number of amides is 2. The summed E-state index contributed by atoms with van der Waals surface area (Å²) < 4.78 is 29.8. The highest BCUT2D eigenvalue weighted by molar-refractivity contribution is 8.18. The van der Waals surface area contributed by atoms with Crippen LogP contribution in [0.1, 0.15) is 18.1 Å². The van der Waals surface area contributed by atoms with Gasteiger partial charge in [0.2, 0.25) is 0 Å². The van der Waals surface area contributed by atoms with Gasteiger partial charge in [-0.1, -0.05) is 23.7 Å². The van der Waals surface area contributed by atoms with Crippen LogP contribution in [0.5, 0.6) is 11.5 Å². The molecule has 0 aromatic heterocycles. The Labute approximate surface area is 193 Å². The second-order valence-corrected chi connectivity index (χ2v) is 7.87. The molecule has 0 saturated carbocycles.